The molecule has 0 aromatic rings. The van der Waals surface area contributed by atoms with Crippen LogP contribution in [0.4, 0.5) is 0 Å². The van der Waals surface area contributed by atoms with Gasteiger partial charge in [-0.15, -0.1) is 11.8 Å². The van der Waals surface area contributed by atoms with Gasteiger partial charge in [-0.1, -0.05) is 0 Å². The molecule has 2 aliphatic rings. The van der Waals surface area contributed by atoms with E-state index >= 15 is 0 Å². The molecule has 0 aromatic carbocycles. The first-order valence-electron chi connectivity index (χ1n) is 7.73. The number of thioether (sulfide) groups is 1. The molecule has 2 fully saturated rings. The molecule has 2 atom stereocenters. The van der Waals surface area contributed by atoms with Crippen molar-refractivity contribution >= 4 is 29.5 Å². The molecular formula is C14H24N4O4S. The third-order valence-electron chi connectivity index (χ3n) is 4.23. The first-order chi connectivity index (χ1) is 10.9. The highest BCUT2D eigenvalue weighted by Crippen LogP contribution is 2.25. The smallest absolute Gasteiger partial charge is 0.321 e. The number of carboxylic acids is 1. The van der Waals surface area contributed by atoms with Crippen LogP contribution in [0.3, 0.4) is 0 Å². The van der Waals surface area contributed by atoms with Crippen LogP contribution in [0, 0.1) is 0 Å². The van der Waals surface area contributed by atoms with E-state index in [-0.39, 0.29) is 24.0 Å². The molecule has 3 N–H and O–H groups in total. The van der Waals surface area contributed by atoms with E-state index in [0.717, 1.165) is 37.9 Å². The predicted molar refractivity (Wildman–Crippen MR) is 87.1 cm³/mol. The van der Waals surface area contributed by atoms with Crippen LogP contribution in [0.1, 0.15) is 6.42 Å². The summed E-state index contributed by atoms with van der Waals surface area (Å²) in [5.41, 5.74) is 5.44. The van der Waals surface area contributed by atoms with Crippen molar-refractivity contribution in [3.63, 3.8) is 0 Å². The van der Waals surface area contributed by atoms with Gasteiger partial charge in [-0.2, -0.15) is 0 Å². The van der Waals surface area contributed by atoms with Crippen LogP contribution >= 0.6 is 11.8 Å². The second-order valence-electron chi connectivity index (χ2n) is 6.00. The van der Waals surface area contributed by atoms with Crippen LogP contribution in [-0.4, -0.2) is 101 Å². The number of rotatable bonds is 7. The Morgan fingerprint density at radius 3 is 2.57 bits per heavy atom. The van der Waals surface area contributed by atoms with Crippen molar-refractivity contribution in [2.45, 2.75) is 17.7 Å². The van der Waals surface area contributed by atoms with Crippen LogP contribution in [0.2, 0.25) is 0 Å². The van der Waals surface area contributed by atoms with Crippen molar-refractivity contribution in [1.82, 2.24) is 14.7 Å². The molecule has 2 unspecified atom stereocenters. The number of carboxylic acid groups (broad SMARTS) is 1. The summed E-state index contributed by atoms with van der Waals surface area (Å²) in [4.78, 5) is 40.8. The van der Waals surface area contributed by atoms with Crippen LogP contribution < -0.4 is 5.73 Å². The van der Waals surface area contributed by atoms with Gasteiger partial charge in [-0.3, -0.25) is 24.2 Å². The number of likely N-dealkylation sites (tertiary alicyclic amines) is 1. The van der Waals surface area contributed by atoms with Gasteiger partial charge in [0.05, 0.1) is 5.25 Å². The van der Waals surface area contributed by atoms with E-state index in [2.05, 4.69) is 16.8 Å². The summed E-state index contributed by atoms with van der Waals surface area (Å²) in [6.45, 7) is 4.97. The number of piperazine rings is 1. The second-order valence-corrected chi connectivity index (χ2v) is 7.24. The maximum atomic E-state index is 12.3. The Morgan fingerprint density at radius 1 is 1.30 bits per heavy atom. The largest absolute Gasteiger partial charge is 0.480 e. The van der Waals surface area contributed by atoms with Crippen molar-refractivity contribution in [1.29, 1.82) is 0 Å². The molecule has 0 aliphatic carbocycles. The number of carbonyl (C=O) groups is 3. The first-order valence-corrected chi connectivity index (χ1v) is 8.78. The zero-order valence-electron chi connectivity index (χ0n) is 13.3. The lowest BCUT2D eigenvalue weighted by molar-refractivity contribution is -0.139. The number of amides is 2. The molecule has 0 saturated carbocycles. The van der Waals surface area contributed by atoms with Gasteiger partial charge in [0.1, 0.15) is 6.04 Å². The van der Waals surface area contributed by atoms with E-state index in [4.69, 9.17) is 10.8 Å². The number of nitrogens with two attached hydrogens (primary N) is 1. The third-order valence-corrected chi connectivity index (χ3v) is 5.55. The molecule has 0 bridgehead atoms. The summed E-state index contributed by atoms with van der Waals surface area (Å²) < 4.78 is 0. The molecule has 2 aliphatic heterocycles. The minimum atomic E-state index is -1.10. The van der Waals surface area contributed by atoms with E-state index in [1.165, 1.54) is 4.90 Å². The summed E-state index contributed by atoms with van der Waals surface area (Å²) in [5, 5.41) is 8.26. The van der Waals surface area contributed by atoms with Crippen molar-refractivity contribution in [2.24, 2.45) is 5.73 Å². The van der Waals surface area contributed by atoms with Crippen molar-refractivity contribution in [3.8, 4) is 0 Å². The molecule has 9 heteroatoms. The normalized spacial score (nSPS) is 25.1. The molecule has 130 valence electrons. The molecule has 2 rings (SSSR count). The SMILES string of the molecule is CN1CCN(CCN2C(=O)CC(SCC(N)C(=O)O)C2=O)CC1. The fraction of sp³-hybridized carbons (Fsp3) is 0.786. The van der Waals surface area contributed by atoms with Crippen LogP contribution in [-0.2, 0) is 14.4 Å². The van der Waals surface area contributed by atoms with Gasteiger partial charge in [-0.25, -0.2) is 0 Å². The number of hydrogen-bond acceptors (Lipinski definition) is 7. The predicted octanol–water partition coefficient (Wildman–Crippen LogP) is -1.49. The molecule has 0 spiro atoms. The van der Waals surface area contributed by atoms with E-state index in [0.29, 0.717) is 13.1 Å². The van der Waals surface area contributed by atoms with Gasteiger partial charge in [0.2, 0.25) is 11.8 Å². The van der Waals surface area contributed by atoms with Crippen LogP contribution in [0.15, 0.2) is 0 Å². The standard InChI is InChI=1S/C14H24N4O4S/c1-16-2-4-17(5-3-16)6-7-18-12(19)8-11(13(18)20)23-9-10(15)14(21)22/h10-11H,2-9,15H2,1H3,(H,21,22). The molecule has 2 saturated heterocycles. The highest BCUT2D eigenvalue weighted by atomic mass is 32.2. The lowest BCUT2D eigenvalue weighted by Gasteiger charge is -2.33. The van der Waals surface area contributed by atoms with Gasteiger partial charge in [-0.05, 0) is 7.05 Å². The number of carbonyl (C=O) groups excluding carboxylic acids is 2. The lowest BCUT2D eigenvalue weighted by Crippen LogP contribution is -2.47. The van der Waals surface area contributed by atoms with Crippen molar-refractivity contribution < 1.29 is 19.5 Å². The topological polar surface area (TPSA) is 107 Å². The number of hydrogen-bond donors (Lipinski definition) is 2. The quantitative estimate of drug-likeness (QED) is 0.538. The Hall–Kier alpha value is -1.16. The lowest BCUT2D eigenvalue weighted by atomic mass is 10.3. The maximum Gasteiger partial charge on any atom is 0.321 e. The summed E-state index contributed by atoms with van der Waals surface area (Å²) in [7, 11) is 2.08. The van der Waals surface area contributed by atoms with E-state index in [9.17, 15) is 14.4 Å². The number of aliphatic carboxylic acids is 1. The van der Waals surface area contributed by atoms with E-state index in [1.54, 1.807) is 0 Å². The maximum absolute atomic E-state index is 12.3. The highest BCUT2D eigenvalue weighted by molar-refractivity contribution is 8.00. The fourth-order valence-electron chi connectivity index (χ4n) is 2.62. The summed E-state index contributed by atoms with van der Waals surface area (Å²) in [5.74, 6) is -1.36. The Morgan fingerprint density at radius 2 is 1.96 bits per heavy atom. The zero-order chi connectivity index (χ0) is 17.0. The van der Waals surface area contributed by atoms with Gasteiger partial charge in [0.25, 0.3) is 0 Å². The molecule has 0 aromatic heterocycles. The number of likely N-dealkylation sites (N-methyl/N-ethyl adjacent to an activating group) is 1. The van der Waals surface area contributed by atoms with Gasteiger partial charge >= 0.3 is 5.97 Å². The summed E-state index contributed by atoms with van der Waals surface area (Å²) >= 11 is 1.16. The van der Waals surface area contributed by atoms with Crippen molar-refractivity contribution in [3.05, 3.63) is 0 Å². The van der Waals surface area contributed by atoms with Crippen molar-refractivity contribution in [2.75, 3.05) is 52.1 Å². The Balaban J connectivity index is 1.78. The Labute approximate surface area is 139 Å². The Kier molecular flexibility index (Phi) is 6.40. The van der Waals surface area contributed by atoms with Gasteiger partial charge in [0, 0.05) is 51.4 Å². The third kappa shape index (κ3) is 4.90. The average Bonchev–Trinajstić information content (AvgIpc) is 2.78. The molecule has 2 heterocycles. The molecule has 8 nitrogen and oxygen atoms in total. The molecular weight excluding hydrogens is 320 g/mol. The number of imide groups is 1. The van der Waals surface area contributed by atoms with Crippen LogP contribution in [0.25, 0.3) is 0 Å². The summed E-state index contributed by atoms with van der Waals surface area (Å²) in [6, 6.07) is -1.01. The minimum Gasteiger partial charge on any atom is -0.480 e. The monoisotopic (exact) mass is 344 g/mol. The number of nitrogens with zero attached hydrogens (tertiary/aromatic N) is 3. The molecule has 23 heavy (non-hydrogen) atoms. The van der Waals surface area contributed by atoms with E-state index in [1.807, 2.05) is 0 Å². The van der Waals surface area contributed by atoms with Gasteiger partial charge in [0.15, 0.2) is 0 Å². The van der Waals surface area contributed by atoms with Crippen LogP contribution in [0.5, 0.6) is 0 Å². The first kappa shape index (κ1) is 18.2. The molecule has 0 radical (unpaired) electrons. The fourth-order valence-corrected chi connectivity index (χ4v) is 3.73. The average molecular weight is 344 g/mol. The zero-order valence-corrected chi connectivity index (χ0v) is 14.1. The Bertz CT molecular complexity index is 468. The van der Waals surface area contributed by atoms with E-state index < -0.39 is 17.3 Å². The summed E-state index contributed by atoms with van der Waals surface area (Å²) in [6.07, 6.45) is 0.137. The molecule has 2 amide bonds. The highest BCUT2D eigenvalue weighted by Gasteiger charge is 2.39. The minimum absolute atomic E-state index is 0.130. The van der Waals surface area contributed by atoms with Gasteiger partial charge < -0.3 is 15.7 Å². The second kappa shape index (κ2) is 8.09.